The van der Waals surface area contributed by atoms with Gasteiger partial charge >= 0.3 is 0 Å². The number of fused-ring (bicyclic) bond motifs is 1. The van der Waals surface area contributed by atoms with Crippen molar-refractivity contribution < 1.29 is 0 Å². The van der Waals surface area contributed by atoms with Crippen molar-refractivity contribution in [1.29, 1.82) is 0 Å². The van der Waals surface area contributed by atoms with Gasteiger partial charge in [0.15, 0.2) is 5.65 Å². The summed E-state index contributed by atoms with van der Waals surface area (Å²) in [5, 5.41) is 3.12. The average molecular weight is 192 g/mol. The van der Waals surface area contributed by atoms with Crippen LogP contribution in [0.15, 0.2) is 12.5 Å². The molecule has 0 saturated heterocycles. The lowest BCUT2D eigenvalue weighted by Crippen LogP contribution is -2.09. The summed E-state index contributed by atoms with van der Waals surface area (Å²) >= 11 is 0. The minimum atomic E-state index is 0.674. The number of nitrogens with two attached hydrogens (primary N) is 1. The molecular formula is C8H12N6. The van der Waals surface area contributed by atoms with Gasteiger partial charge in [-0.1, -0.05) is 0 Å². The summed E-state index contributed by atoms with van der Waals surface area (Å²) in [7, 11) is 0. The third-order valence-corrected chi connectivity index (χ3v) is 1.84. The first kappa shape index (κ1) is 8.89. The molecule has 0 aliphatic carbocycles. The maximum atomic E-state index is 5.37. The van der Waals surface area contributed by atoms with Crippen molar-refractivity contribution in [3.8, 4) is 0 Å². The number of anilines is 1. The predicted molar refractivity (Wildman–Crippen MR) is 53.8 cm³/mol. The van der Waals surface area contributed by atoms with E-state index in [1.807, 2.05) is 0 Å². The number of nitrogens with one attached hydrogen (secondary N) is 2. The number of rotatable bonds is 4. The lowest BCUT2D eigenvalue weighted by atomic mass is 10.4. The fourth-order valence-electron chi connectivity index (χ4n) is 1.15. The van der Waals surface area contributed by atoms with Crippen LogP contribution in [0.2, 0.25) is 0 Å². The van der Waals surface area contributed by atoms with Gasteiger partial charge in [-0.2, -0.15) is 4.98 Å². The van der Waals surface area contributed by atoms with Crippen molar-refractivity contribution in [3.05, 3.63) is 12.5 Å². The molecule has 0 aromatic carbocycles. The molecule has 2 heterocycles. The van der Waals surface area contributed by atoms with Gasteiger partial charge in [-0.3, -0.25) is 0 Å². The van der Waals surface area contributed by atoms with E-state index in [1.54, 1.807) is 6.20 Å². The number of aromatic amines is 1. The quantitative estimate of drug-likeness (QED) is 0.598. The van der Waals surface area contributed by atoms with Crippen LogP contribution in [0.4, 0.5) is 5.95 Å². The lowest BCUT2D eigenvalue weighted by Gasteiger charge is -1.98. The number of hydrogen-bond acceptors (Lipinski definition) is 5. The Morgan fingerprint density at radius 3 is 3.21 bits per heavy atom. The molecule has 0 radical (unpaired) electrons. The largest absolute Gasteiger partial charge is 0.356 e. The number of hydrogen-bond donors (Lipinski definition) is 3. The normalized spacial score (nSPS) is 10.6. The Bertz CT molecular complexity index is 376. The molecule has 0 unspecified atom stereocenters. The Morgan fingerprint density at radius 2 is 2.43 bits per heavy atom. The molecular weight excluding hydrogens is 180 g/mol. The van der Waals surface area contributed by atoms with Crippen molar-refractivity contribution in [2.45, 2.75) is 6.42 Å². The first-order valence-corrected chi connectivity index (χ1v) is 4.50. The Hall–Kier alpha value is -1.69. The Morgan fingerprint density at radius 1 is 1.50 bits per heavy atom. The first-order valence-electron chi connectivity index (χ1n) is 4.50. The molecule has 2 aromatic heterocycles. The highest BCUT2D eigenvalue weighted by Gasteiger charge is 2.01. The Kier molecular flexibility index (Phi) is 2.55. The van der Waals surface area contributed by atoms with Crippen LogP contribution < -0.4 is 11.1 Å². The van der Waals surface area contributed by atoms with Crippen LogP contribution in [0.25, 0.3) is 11.2 Å². The van der Waals surface area contributed by atoms with Crippen LogP contribution in [-0.4, -0.2) is 33.0 Å². The standard InChI is InChI=1S/C8H12N6/c9-2-1-3-11-8-13-6-4-10-5-12-7(6)14-8/h4-5H,1-3,9H2,(H2,10,11,12,13,14). The van der Waals surface area contributed by atoms with E-state index in [2.05, 4.69) is 25.3 Å². The fourth-order valence-corrected chi connectivity index (χ4v) is 1.15. The monoisotopic (exact) mass is 192 g/mol. The highest BCUT2D eigenvalue weighted by molar-refractivity contribution is 5.71. The van der Waals surface area contributed by atoms with Crippen LogP contribution in [0, 0.1) is 0 Å². The third-order valence-electron chi connectivity index (χ3n) is 1.84. The van der Waals surface area contributed by atoms with Crippen molar-refractivity contribution in [3.63, 3.8) is 0 Å². The molecule has 0 amide bonds. The van der Waals surface area contributed by atoms with E-state index in [0.29, 0.717) is 18.1 Å². The number of aromatic nitrogens is 4. The van der Waals surface area contributed by atoms with Gasteiger partial charge < -0.3 is 16.0 Å². The summed E-state index contributed by atoms with van der Waals surface area (Å²) < 4.78 is 0. The van der Waals surface area contributed by atoms with Crippen LogP contribution >= 0.6 is 0 Å². The smallest absolute Gasteiger partial charge is 0.202 e. The molecule has 2 rings (SSSR count). The molecule has 6 nitrogen and oxygen atoms in total. The van der Waals surface area contributed by atoms with Gasteiger partial charge in [-0.15, -0.1) is 0 Å². The highest BCUT2D eigenvalue weighted by atomic mass is 15.1. The van der Waals surface area contributed by atoms with E-state index in [9.17, 15) is 0 Å². The van der Waals surface area contributed by atoms with Crippen molar-refractivity contribution in [2.24, 2.45) is 5.73 Å². The zero-order valence-corrected chi connectivity index (χ0v) is 7.70. The molecule has 0 aliphatic heterocycles. The van der Waals surface area contributed by atoms with Crippen molar-refractivity contribution in [2.75, 3.05) is 18.4 Å². The van der Waals surface area contributed by atoms with Gasteiger partial charge in [0.05, 0.1) is 6.20 Å². The van der Waals surface area contributed by atoms with Gasteiger partial charge in [-0.05, 0) is 13.0 Å². The van der Waals surface area contributed by atoms with E-state index in [-0.39, 0.29) is 0 Å². The van der Waals surface area contributed by atoms with E-state index < -0.39 is 0 Å². The average Bonchev–Trinajstić information content (AvgIpc) is 2.60. The van der Waals surface area contributed by atoms with Crippen LogP contribution in [-0.2, 0) is 0 Å². The van der Waals surface area contributed by atoms with Gasteiger partial charge in [0.25, 0.3) is 0 Å². The second-order valence-electron chi connectivity index (χ2n) is 2.91. The zero-order valence-electron chi connectivity index (χ0n) is 7.70. The summed E-state index contributed by atoms with van der Waals surface area (Å²) in [5.41, 5.74) is 6.89. The van der Waals surface area contributed by atoms with Crippen LogP contribution in [0.5, 0.6) is 0 Å². The number of H-pyrrole nitrogens is 1. The molecule has 0 bridgehead atoms. The summed E-state index contributed by atoms with van der Waals surface area (Å²) in [5.74, 6) is 0.717. The first-order chi connectivity index (χ1) is 6.90. The molecule has 0 saturated carbocycles. The highest BCUT2D eigenvalue weighted by Crippen LogP contribution is 2.08. The van der Waals surface area contributed by atoms with Crippen molar-refractivity contribution in [1.82, 2.24) is 19.9 Å². The molecule has 2 aromatic rings. The molecule has 0 fully saturated rings. The lowest BCUT2D eigenvalue weighted by molar-refractivity contribution is 0.867. The topological polar surface area (TPSA) is 92.5 Å². The third kappa shape index (κ3) is 1.80. The molecule has 14 heavy (non-hydrogen) atoms. The fraction of sp³-hybridized carbons (Fsp3) is 0.375. The summed E-state index contributed by atoms with van der Waals surface area (Å²) in [6.07, 6.45) is 4.10. The van der Waals surface area contributed by atoms with E-state index in [1.165, 1.54) is 6.33 Å². The minimum absolute atomic E-state index is 0.674. The van der Waals surface area contributed by atoms with Crippen LogP contribution in [0.3, 0.4) is 0 Å². The molecule has 6 heteroatoms. The summed E-state index contributed by atoms with van der Waals surface area (Å²) in [6, 6.07) is 0. The predicted octanol–water partition coefficient (Wildman–Crippen LogP) is 0.114. The SMILES string of the molecule is NCCCNc1nc2ncncc2[nH]1. The summed E-state index contributed by atoms with van der Waals surface area (Å²) in [4.78, 5) is 15.2. The maximum Gasteiger partial charge on any atom is 0.202 e. The van der Waals surface area contributed by atoms with Gasteiger partial charge in [0, 0.05) is 6.54 Å². The Labute approximate surface area is 81.0 Å². The van der Waals surface area contributed by atoms with Gasteiger partial charge in [0.1, 0.15) is 11.8 Å². The molecule has 0 aliphatic rings. The van der Waals surface area contributed by atoms with E-state index in [4.69, 9.17) is 5.73 Å². The molecule has 0 atom stereocenters. The number of imidazole rings is 1. The van der Waals surface area contributed by atoms with E-state index >= 15 is 0 Å². The molecule has 74 valence electrons. The van der Waals surface area contributed by atoms with Gasteiger partial charge in [0.2, 0.25) is 5.95 Å². The molecule has 0 spiro atoms. The van der Waals surface area contributed by atoms with Gasteiger partial charge in [-0.25, -0.2) is 9.97 Å². The second-order valence-corrected chi connectivity index (χ2v) is 2.91. The maximum absolute atomic E-state index is 5.37. The number of nitrogens with zero attached hydrogens (tertiary/aromatic N) is 3. The molecule has 4 N–H and O–H groups in total. The van der Waals surface area contributed by atoms with E-state index in [0.717, 1.165) is 18.5 Å². The Balaban J connectivity index is 2.11. The minimum Gasteiger partial charge on any atom is -0.356 e. The van der Waals surface area contributed by atoms with Crippen LogP contribution in [0.1, 0.15) is 6.42 Å². The van der Waals surface area contributed by atoms with Crippen molar-refractivity contribution >= 4 is 17.1 Å². The second kappa shape index (κ2) is 4.01. The zero-order chi connectivity index (χ0) is 9.80. The summed E-state index contributed by atoms with van der Waals surface area (Å²) in [6.45, 7) is 1.48.